The fourth-order valence-electron chi connectivity index (χ4n) is 3.82. The fourth-order valence-corrected chi connectivity index (χ4v) is 4.58. The number of carbonyl (C=O) groups is 4. The Kier molecular flexibility index (Phi) is 10.1. The summed E-state index contributed by atoms with van der Waals surface area (Å²) in [5, 5.41) is 17.3. The lowest BCUT2D eigenvalue weighted by Gasteiger charge is -2.13. The van der Waals surface area contributed by atoms with Crippen LogP contribution in [-0.2, 0) is 9.59 Å². The van der Waals surface area contributed by atoms with Crippen LogP contribution in [-0.4, -0.2) is 41.7 Å². The maximum absolute atomic E-state index is 13.4. The number of amides is 3. The van der Waals surface area contributed by atoms with E-state index in [9.17, 15) is 19.2 Å². The first-order valence-electron chi connectivity index (χ1n) is 12.7. The minimum Gasteiger partial charge on any atom is -0.496 e. The van der Waals surface area contributed by atoms with Gasteiger partial charge in [-0.25, -0.2) is 4.79 Å². The molecule has 0 saturated heterocycles. The van der Waals surface area contributed by atoms with Gasteiger partial charge in [0.25, 0.3) is 11.8 Å². The molecule has 0 aliphatic rings. The number of rotatable bonds is 11. The van der Waals surface area contributed by atoms with Crippen molar-refractivity contribution in [2.24, 2.45) is 0 Å². The van der Waals surface area contributed by atoms with E-state index in [2.05, 4.69) is 16.0 Å². The molecule has 0 unspecified atom stereocenters. The van der Waals surface area contributed by atoms with E-state index in [1.807, 2.05) is 0 Å². The molecule has 0 aromatic heterocycles. The highest BCUT2D eigenvalue weighted by molar-refractivity contribution is 8.00. The average molecular weight is 582 g/mol. The first-order chi connectivity index (χ1) is 20.3. The Bertz CT molecular complexity index is 1640. The molecular formula is C32H27N3O6S. The Hall–Kier alpha value is -5.35. The third kappa shape index (κ3) is 8.33. The van der Waals surface area contributed by atoms with Crippen molar-refractivity contribution in [3.8, 4) is 5.75 Å². The van der Waals surface area contributed by atoms with E-state index in [1.165, 1.54) is 37.1 Å². The number of hydrogen-bond acceptors (Lipinski definition) is 6. The molecule has 0 aliphatic heterocycles. The highest BCUT2D eigenvalue weighted by atomic mass is 32.2. The van der Waals surface area contributed by atoms with Crippen molar-refractivity contribution in [1.82, 2.24) is 5.32 Å². The Balaban J connectivity index is 1.46. The molecular weight excluding hydrogens is 554 g/mol. The summed E-state index contributed by atoms with van der Waals surface area (Å²) in [7, 11) is 1.52. The first-order valence-corrected chi connectivity index (χ1v) is 13.7. The second-order valence-corrected chi connectivity index (χ2v) is 9.87. The van der Waals surface area contributed by atoms with Crippen LogP contribution in [0.3, 0.4) is 0 Å². The van der Waals surface area contributed by atoms with E-state index in [4.69, 9.17) is 9.84 Å². The van der Waals surface area contributed by atoms with Gasteiger partial charge in [-0.15, -0.1) is 11.8 Å². The molecule has 0 heterocycles. The number of carboxylic acid groups (broad SMARTS) is 1. The Morgan fingerprint density at radius 3 is 2.19 bits per heavy atom. The smallest absolute Gasteiger partial charge is 0.335 e. The second kappa shape index (κ2) is 14.3. The summed E-state index contributed by atoms with van der Waals surface area (Å²) >= 11 is 1.24. The van der Waals surface area contributed by atoms with Crippen molar-refractivity contribution in [3.63, 3.8) is 0 Å². The van der Waals surface area contributed by atoms with Gasteiger partial charge in [0.2, 0.25) is 5.91 Å². The Morgan fingerprint density at radius 1 is 0.786 bits per heavy atom. The number of methoxy groups -OCH3 is 1. The van der Waals surface area contributed by atoms with Gasteiger partial charge < -0.3 is 25.8 Å². The van der Waals surface area contributed by atoms with Crippen LogP contribution in [0.1, 0.15) is 26.3 Å². The number of hydrogen-bond donors (Lipinski definition) is 4. The van der Waals surface area contributed by atoms with Crippen LogP contribution in [0.15, 0.2) is 114 Å². The van der Waals surface area contributed by atoms with Crippen LogP contribution < -0.4 is 20.7 Å². The molecule has 0 fully saturated rings. The summed E-state index contributed by atoms with van der Waals surface area (Å²) in [5.74, 6) is -1.81. The van der Waals surface area contributed by atoms with Crippen LogP contribution >= 0.6 is 11.8 Å². The summed E-state index contributed by atoms with van der Waals surface area (Å²) < 4.78 is 5.40. The van der Waals surface area contributed by atoms with Crippen molar-refractivity contribution in [2.45, 2.75) is 4.90 Å². The Morgan fingerprint density at radius 2 is 1.45 bits per heavy atom. The zero-order valence-corrected chi connectivity index (χ0v) is 23.3. The third-order valence-electron chi connectivity index (χ3n) is 5.82. The number of nitrogens with one attached hydrogen (secondary N) is 3. The largest absolute Gasteiger partial charge is 0.496 e. The molecule has 9 nitrogen and oxygen atoms in total. The highest BCUT2D eigenvalue weighted by Crippen LogP contribution is 2.24. The molecule has 0 bridgehead atoms. The number of carboxylic acids is 1. The minimum absolute atomic E-state index is 0.00868. The van der Waals surface area contributed by atoms with Gasteiger partial charge in [0, 0.05) is 27.4 Å². The van der Waals surface area contributed by atoms with Gasteiger partial charge in [-0.3, -0.25) is 14.4 Å². The van der Waals surface area contributed by atoms with Crippen molar-refractivity contribution < 1.29 is 29.0 Å². The summed E-state index contributed by atoms with van der Waals surface area (Å²) in [6, 6.07) is 28.6. The van der Waals surface area contributed by atoms with Gasteiger partial charge in [-0.2, -0.15) is 0 Å². The van der Waals surface area contributed by atoms with Gasteiger partial charge in [0.1, 0.15) is 11.4 Å². The quantitative estimate of drug-likeness (QED) is 0.135. The number of ether oxygens (including phenoxy) is 1. The van der Waals surface area contributed by atoms with Crippen LogP contribution in [0.2, 0.25) is 0 Å². The molecule has 4 rings (SSSR count). The van der Waals surface area contributed by atoms with Crippen LogP contribution in [0.5, 0.6) is 5.75 Å². The number of aromatic carboxylic acids is 1. The molecule has 0 radical (unpaired) electrons. The molecule has 0 aliphatic carbocycles. The van der Waals surface area contributed by atoms with E-state index in [-0.39, 0.29) is 22.9 Å². The average Bonchev–Trinajstić information content (AvgIpc) is 3.00. The van der Waals surface area contributed by atoms with Crippen LogP contribution in [0, 0.1) is 0 Å². The summed E-state index contributed by atoms with van der Waals surface area (Å²) in [6.07, 6.45) is 1.54. The van der Waals surface area contributed by atoms with E-state index >= 15 is 0 Å². The highest BCUT2D eigenvalue weighted by Gasteiger charge is 2.16. The number of anilines is 2. The summed E-state index contributed by atoms with van der Waals surface area (Å²) in [5.41, 5.74) is 1.91. The number of carbonyl (C=O) groups excluding carboxylic acids is 3. The van der Waals surface area contributed by atoms with E-state index in [0.29, 0.717) is 33.1 Å². The topological polar surface area (TPSA) is 134 Å². The van der Waals surface area contributed by atoms with Crippen LogP contribution in [0.25, 0.3) is 6.08 Å². The molecule has 4 aromatic carbocycles. The first kappa shape index (κ1) is 29.6. The summed E-state index contributed by atoms with van der Waals surface area (Å²) in [6.45, 7) is 0. The van der Waals surface area contributed by atoms with Crippen molar-refractivity contribution in [3.05, 3.63) is 126 Å². The molecule has 42 heavy (non-hydrogen) atoms. The van der Waals surface area contributed by atoms with Gasteiger partial charge in [0.05, 0.1) is 18.4 Å². The van der Waals surface area contributed by atoms with E-state index < -0.39 is 17.8 Å². The maximum Gasteiger partial charge on any atom is 0.335 e. The molecule has 10 heteroatoms. The number of thioether (sulfide) groups is 1. The predicted molar refractivity (Wildman–Crippen MR) is 163 cm³/mol. The van der Waals surface area contributed by atoms with Crippen molar-refractivity contribution in [2.75, 3.05) is 23.5 Å². The molecule has 212 valence electrons. The lowest BCUT2D eigenvalue weighted by molar-refractivity contribution is -0.114. The van der Waals surface area contributed by atoms with Crippen molar-refractivity contribution in [1.29, 1.82) is 0 Å². The van der Waals surface area contributed by atoms with Crippen molar-refractivity contribution >= 4 is 52.9 Å². The summed E-state index contributed by atoms with van der Waals surface area (Å²) in [4.78, 5) is 50.6. The predicted octanol–water partition coefficient (Wildman–Crippen LogP) is 5.53. The maximum atomic E-state index is 13.4. The lowest BCUT2D eigenvalue weighted by atomic mass is 10.1. The number of benzene rings is 4. The monoisotopic (exact) mass is 581 g/mol. The molecule has 3 amide bonds. The third-order valence-corrected chi connectivity index (χ3v) is 6.82. The SMILES string of the molecule is COc1ccccc1/C=C(/NC(=O)c1ccccc1)C(=O)Nc1cccc(SCC(=O)Nc2cccc(C(=O)O)c2)c1. The van der Waals surface area contributed by atoms with E-state index in [0.717, 1.165) is 0 Å². The second-order valence-electron chi connectivity index (χ2n) is 8.82. The zero-order chi connectivity index (χ0) is 29.9. The molecule has 4 N–H and O–H groups in total. The standard InChI is InChI=1S/C32H27N3O6S/c1-41-28-16-6-5-11-22(28)18-27(35-30(37)21-9-3-2-4-10-21)31(38)34-25-14-8-15-26(19-25)42-20-29(36)33-24-13-7-12-23(17-24)32(39)40/h2-19H,20H2,1H3,(H,33,36)(H,34,38)(H,35,37)(H,39,40)/b27-18+. The molecule has 0 saturated carbocycles. The van der Waals surface area contributed by atoms with Gasteiger partial charge >= 0.3 is 5.97 Å². The molecule has 4 aromatic rings. The fraction of sp³-hybridized carbons (Fsp3) is 0.0625. The number of para-hydroxylation sites is 1. The zero-order valence-electron chi connectivity index (χ0n) is 22.5. The van der Waals surface area contributed by atoms with Crippen LogP contribution in [0.4, 0.5) is 11.4 Å². The Labute approximate surface area is 246 Å². The van der Waals surface area contributed by atoms with Gasteiger partial charge in [-0.05, 0) is 60.7 Å². The van der Waals surface area contributed by atoms with Gasteiger partial charge in [0.15, 0.2) is 0 Å². The minimum atomic E-state index is -1.08. The lowest BCUT2D eigenvalue weighted by Crippen LogP contribution is -2.30. The molecule has 0 atom stereocenters. The van der Waals surface area contributed by atoms with Gasteiger partial charge in [-0.1, -0.05) is 48.5 Å². The normalized spacial score (nSPS) is 10.8. The van der Waals surface area contributed by atoms with E-state index in [1.54, 1.807) is 91.0 Å². The molecule has 0 spiro atoms.